The summed E-state index contributed by atoms with van der Waals surface area (Å²) in [6.07, 6.45) is 3.50. The first-order valence-electron chi connectivity index (χ1n) is 14.8. The molecule has 5 heteroatoms. The first kappa shape index (κ1) is 37.3. The molecule has 0 aromatic heterocycles. The summed E-state index contributed by atoms with van der Waals surface area (Å²) in [5, 5.41) is 6.03. The summed E-state index contributed by atoms with van der Waals surface area (Å²) < 4.78 is 1.50. The fourth-order valence-electron chi connectivity index (χ4n) is 6.21. The molecule has 1 aliphatic rings. The van der Waals surface area contributed by atoms with Gasteiger partial charge in [-0.25, -0.2) is 0 Å². The number of hydrogen-bond donors (Lipinski definition) is 0. The normalized spacial score (nSPS) is 13.0. The van der Waals surface area contributed by atoms with Gasteiger partial charge in [-0.3, -0.25) is 0 Å². The quantitative estimate of drug-likeness (QED) is 0.128. The molecule has 0 atom stereocenters. The second-order valence-electron chi connectivity index (χ2n) is 12.1. The number of benzene rings is 4. The van der Waals surface area contributed by atoms with E-state index < -0.39 is 8.07 Å². The van der Waals surface area contributed by atoms with Crippen molar-refractivity contribution >= 4 is 66.4 Å². The molecule has 225 valence electrons. The van der Waals surface area contributed by atoms with E-state index in [-0.39, 0.29) is 37.2 Å². The van der Waals surface area contributed by atoms with E-state index in [2.05, 4.69) is 171 Å². The number of allylic oxidation sites excluding steroid dienone is 4. The van der Waals surface area contributed by atoms with E-state index in [0.29, 0.717) is 17.8 Å². The maximum absolute atomic E-state index is 2.72. The molecule has 5 rings (SSSR count). The van der Waals surface area contributed by atoms with Crippen LogP contribution in [-0.4, -0.2) is 8.07 Å². The third-order valence-corrected chi connectivity index (χ3v) is 14.5. The smallest absolute Gasteiger partial charge is 0.147 e. The molecule has 0 aliphatic heterocycles. The monoisotopic (exact) mass is 681 g/mol. The maximum Gasteiger partial charge on any atom is -0.147 e. The Hall–Kier alpha value is -1.84. The summed E-state index contributed by atoms with van der Waals surface area (Å²) >= 11 is 2.38. The van der Waals surface area contributed by atoms with Gasteiger partial charge in [0.05, 0.1) is 0 Å². The van der Waals surface area contributed by atoms with Crippen LogP contribution in [0.5, 0.6) is 0 Å². The second-order valence-corrected chi connectivity index (χ2v) is 16.8. The van der Waals surface area contributed by atoms with Crippen LogP contribution in [0.4, 0.5) is 0 Å². The SMILES string of the molecule is CC(C)c1cccc([Si](C2=[C]([Ti])CC=C2c2ccccc2)(c2cccc(C(C)C)c2)c2cccc(C(C)C)c2)c1.Cl.Cl.Cl. The minimum absolute atomic E-state index is 0. The summed E-state index contributed by atoms with van der Waals surface area (Å²) in [5.74, 6) is 1.41. The van der Waals surface area contributed by atoms with Crippen LogP contribution in [0.15, 0.2) is 118 Å². The summed E-state index contributed by atoms with van der Waals surface area (Å²) in [6, 6.07) is 39.9. The Balaban J connectivity index is 0.00000215. The average molecular weight is 683 g/mol. The molecule has 0 N–H and O–H groups in total. The number of rotatable bonds is 8. The van der Waals surface area contributed by atoms with Gasteiger partial charge < -0.3 is 0 Å². The van der Waals surface area contributed by atoms with E-state index in [0.717, 1.165) is 6.42 Å². The molecule has 4 aromatic carbocycles. The minimum atomic E-state index is -2.72. The van der Waals surface area contributed by atoms with Gasteiger partial charge in [0.25, 0.3) is 0 Å². The first-order chi connectivity index (χ1) is 19.2. The van der Waals surface area contributed by atoms with Gasteiger partial charge in [0.15, 0.2) is 0 Å². The molecule has 0 saturated carbocycles. The van der Waals surface area contributed by atoms with Crippen LogP contribution < -0.4 is 15.6 Å². The summed E-state index contributed by atoms with van der Waals surface area (Å²) in [7, 11) is -2.72. The molecule has 0 spiro atoms. The fourth-order valence-corrected chi connectivity index (χ4v) is 12.7. The number of halogens is 3. The van der Waals surface area contributed by atoms with Crippen molar-refractivity contribution in [3.63, 3.8) is 0 Å². The molecule has 43 heavy (non-hydrogen) atoms. The molecule has 1 aliphatic carbocycles. The Morgan fingerprint density at radius 3 is 1.30 bits per heavy atom. The van der Waals surface area contributed by atoms with Crippen LogP contribution in [0.25, 0.3) is 5.57 Å². The molecule has 4 aromatic rings. The third-order valence-electron chi connectivity index (χ3n) is 8.50. The van der Waals surface area contributed by atoms with Gasteiger partial charge in [0.2, 0.25) is 0 Å². The van der Waals surface area contributed by atoms with Crippen LogP contribution in [0, 0.1) is 0 Å². The molecule has 0 saturated heterocycles. The van der Waals surface area contributed by atoms with Gasteiger partial charge in [-0.1, -0.05) is 0 Å². The van der Waals surface area contributed by atoms with E-state index in [1.807, 2.05) is 0 Å². The molecular formula is C38H44Cl3SiTi. The van der Waals surface area contributed by atoms with E-state index in [1.165, 1.54) is 47.3 Å². The fraction of sp³-hybridized carbons (Fsp3) is 0.263. The second kappa shape index (κ2) is 15.9. The van der Waals surface area contributed by atoms with Gasteiger partial charge in [-0.2, -0.15) is 0 Å². The molecule has 0 heterocycles. The Morgan fingerprint density at radius 2 is 0.930 bits per heavy atom. The Labute approximate surface area is 291 Å². The van der Waals surface area contributed by atoms with Gasteiger partial charge in [0.1, 0.15) is 0 Å². The molecule has 0 unspecified atom stereocenters. The van der Waals surface area contributed by atoms with E-state index in [9.17, 15) is 0 Å². The van der Waals surface area contributed by atoms with Crippen molar-refractivity contribution < 1.29 is 20.4 Å². The van der Waals surface area contributed by atoms with Crippen molar-refractivity contribution in [2.24, 2.45) is 0 Å². The van der Waals surface area contributed by atoms with E-state index in [4.69, 9.17) is 0 Å². The van der Waals surface area contributed by atoms with Crippen molar-refractivity contribution in [2.45, 2.75) is 65.7 Å². The maximum atomic E-state index is 2.54. The van der Waals surface area contributed by atoms with Crippen LogP contribution >= 0.6 is 37.2 Å². The predicted molar refractivity (Wildman–Crippen MR) is 194 cm³/mol. The standard InChI is InChI=1S/C38H41Si.3ClH.Ti/c1-27(2)31-16-10-19-34(24-31)39(35-20-11-17-32(25-35)28(3)4,36-21-12-18-33(26-36)29(5)6)38-23-13-22-37(38)30-14-8-7-9-15-30;;;;/h7-12,14-22,24-29H,13H2,1-6H3;3*1H;. The molecular weight excluding hydrogens is 639 g/mol. The molecule has 0 radical (unpaired) electrons. The minimum Gasteiger partial charge on any atom is -0.147 e. The summed E-state index contributed by atoms with van der Waals surface area (Å²) in [6.45, 7) is 13.9. The summed E-state index contributed by atoms with van der Waals surface area (Å²) in [4.78, 5) is 0. The zero-order valence-electron chi connectivity index (χ0n) is 26.1. The number of hydrogen-bond acceptors (Lipinski definition) is 0. The Bertz CT molecular complexity index is 1450. The Kier molecular flexibility index (Phi) is 13.8. The van der Waals surface area contributed by atoms with Crippen molar-refractivity contribution in [1.82, 2.24) is 0 Å². The molecule has 0 nitrogen and oxygen atoms in total. The largest absolute Gasteiger partial charge is 0.147 e. The molecule has 0 bridgehead atoms. The zero-order valence-corrected chi connectivity index (χ0v) is 31.1. The van der Waals surface area contributed by atoms with Crippen molar-refractivity contribution in [1.29, 1.82) is 0 Å². The van der Waals surface area contributed by atoms with Gasteiger partial charge in [0, 0.05) is 0 Å². The van der Waals surface area contributed by atoms with E-state index >= 15 is 0 Å². The Morgan fingerprint density at radius 1 is 0.535 bits per heavy atom. The summed E-state index contributed by atoms with van der Waals surface area (Å²) in [5.41, 5.74) is 6.98. The third kappa shape index (κ3) is 7.36. The average Bonchev–Trinajstić information content (AvgIpc) is 3.36. The zero-order chi connectivity index (χ0) is 28.4. The van der Waals surface area contributed by atoms with Crippen LogP contribution in [0.3, 0.4) is 0 Å². The predicted octanol–water partition coefficient (Wildman–Crippen LogP) is 9.62. The van der Waals surface area contributed by atoms with Crippen LogP contribution in [0.1, 0.15) is 88.0 Å². The van der Waals surface area contributed by atoms with E-state index in [1.54, 1.807) is 5.20 Å². The topological polar surface area (TPSA) is 0 Å². The van der Waals surface area contributed by atoms with Crippen LogP contribution in [-0.2, 0) is 20.4 Å². The van der Waals surface area contributed by atoms with Crippen molar-refractivity contribution in [3.8, 4) is 0 Å². The van der Waals surface area contributed by atoms with Gasteiger partial charge in [-0.05, 0) is 0 Å². The van der Waals surface area contributed by atoms with Gasteiger partial charge in [-0.15, -0.1) is 37.2 Å². The van der Waals surface area contributed by atoms with Gasteiger partial charge >= 0.3 is 256 Å². The molecule has 0 amide bonds. The van der Waals surface area contributed by atoms with Crippen molar-refractivity contribution in [3.05, 3.63) is 141 Å². The first-order valence-corrected chi connectivity index (χ1v) is 17.5. The van der Waals surface area contributed by atoms with Crippen LogP contribution in [0.2, 0.25) is 0 Å². The van der Waals surface area contributed by atoms with Crippen molar-refractivity contribution in [2.75, 3.05) is 0 Å². The molecule has 0 fully saturated rings.